The number of carbonyl (C=O) groups is 2. The molecule has 0 spiro atoms. The first-order chi connectivity index (χ1) is 11.9. The lowest BCUT2D eigenvalue weighted by molar-refractivity contribution is -0.142. The second-order valence-corrected chi connectivity index (χ2v) is 7.66. The Kier molecular flexibility index (Phi) is 3.49. The number of nitrogens with one attached hydrogen (secondary N) is 1. The summed E-state index contributed by atoms with van der Waals surface area (Å²) < 4.78 is 1.98. The molecule has 1 saturated carbocycles. The summed E-state index contributed by atoms with van der Waals surface area (Å²) in [4.78, 5) is 29.9. The molecule has 3 atom stereocenters. The van der Waals surface area contributed by atoms with E-state index in [4.69, 9.17) is 5.11 Å². The van der Waals surface area contributed by atoms with E-state index < -0.39 is 11.6 Å². The van der Waals surface area contributed by atoms with Gasteiger partial charge >= 0.3 is 6.09 Å². The van der Waals surface area contributed by atoms with Gasteiger partial charge in [0.1, 0.15) is 5.82 Å². The highest BCUT2D eigenvalue weighted by Gasteiger charge is 2.52. The SMILES string of the molecule is CC(C)(NC(=O)C1[C@@H]2C[C@H]1CN(C(=O)O)C2)c1ncc2ccccn12. The van der Waals surface area contributed by atoms with Crippen LogP contribution in [0.3, 0.4) is 0 Å². The number of fused-ring (bicyclic) bond motifs is 3. The molecule has 1 unspecified atom stereocenters. The van der Waals surface area contributed by atoms with Gasteiger partial charge in [-0.25, -0.2) is 9.78 Å². The van der Waals surface area contributed by atoms with Crippen LogP contribution in [0.1, 0.15) is 26.1 Å². The van der Waals surface area contributed by atoms with Crippen molar-refractivity contribution in [1.82, 2.24) is 19.6 Å². The quantitative estimate of drug-likeness (QED) is 0.892. The first-order valence-electron chi connectivity index (χ1n) is 8.59. The summed E-state index contributed by atoms with van der Waals surface area (Å²) in [5, 5.41) is 12.3. The van der Waals surface area contributed by atoms with Crippen LogP contribution in [0.2, 0.25) is 0 Å². The van der Waals surface area contributed by atoms with Crippen LogP contribution in [-0.2, 0) is 10.3 Å². The molecule has 4 rings (SSSR count). The number of nitrogens with zero attached hydrogens (tertiary/aromatic N) is 3. The van der Waals surface area contributed by atoms with Crippen LogP contribution in [0.4, 0.5) is 4.79 Å². The molecule has 132 valence electrons. The fourth-order valence-electron chi connectivity index (χ4n) is 4.33. The maximum atomic E-state index is 12.8. The molecule has 2 fully saturated rings. The molecule has 2 aliphatic rings. The van der Waals surface area contributed by atoms with Gasteiger partial charge in [0.05, 0.1) is 17.3 Å². The summed E-state index contributed by atoms with van der Waals surface area (Å²) in [7, 11) is 0. The van der Waals surface area contributed by atoms with Gasteiger partial charge in [-0.05, 0) is 44.2 Å². The number of carboxylic acid groups (broad SMARTS) is 1. The first kappa shape index (κ1) is 15.9. The third kappa shape index (κ3) is 2.54. The van der Waals surface area contributed by atoms with Gasteiger partial charge < -0.3 is 19.7 Å². The van der Waals surface area contributed by atoms with E-state index in [9.17, 15) is 9.59 Å². The van der Waals surface area contributed by atoms with Gasteiger partial charge in [0.25, 0.3) is 0 Å². The average Bonchev–Trinajstić information content (AvgIpc) is 2.99. The van der Waals surface area contributed by atoms with Crippen LogP contribution in [0.25, 0.3) is 5.52 Å². The lowest BCUT2D eigenvalue weighted by Gasteiger charge is -2.52. The molecule has 25 heavy (non-hydrogen) atoms. The minimum Gasteiger partial charge on any atom is -0.465 e. The second kappa shape index (κ2) is 5.47. The molecule has 1 aliphatic heterocycles. The molecule has 7 nitrogen and oxygen atoms in total. The summed E-state index contributed by atoms with van der Waals surface area (Å²) in [5.41, 5.74) is 0.374. The molecule has 0 radical (unpaired) electrons. The molecule has 2 aromatic heterocycles. The Morgan fingerprint density at radius 2 is 2.00 bits per heavy atom. The summed E-state index contributed by atoms with van der Waals surface area (Å²) in [5.74, 6) is 0.948. The van der Waals surface area contributed by atoms with Gasteiger partial charge in [-0.3, -0.25) is 4.79 Å². The highest BCUT2D eigenvalue weighted by molar-refractivity contribution is 5.81. The number of carbonyl (C=O) groups excluding carboxylic acids is 1. The van der Waals surface area contributed by atoms with Crippen LogP contribution in [0.5, 0.6) is 0 Å². The Hall–Kier alpha value is -2.57. The number of amides is 2. The van der Waals surface area contributed by atoms with E-state index in [1.54, 1.807) is 6.20 Å². The summed E-state index contributed by atoms with van der Waals surface area (Å²) in [6.07, 6.45) is 3.78. The van der Waals surface area contributed by atoms with Crippen molar-refractivity contribution in [2.45, 2.75) is 25.8 Å². The van der Waals surface area contributed by atoms with Crippen molar-refractivity contribution in [3.05, 3.63) is 36.4 Å². The Bertz CT molecular complexity index is 832. The molecule has 3 heterocycles. The Labute approximate surface area is 145 Å². The van der Waals surface area contributed by atoms with E-state index >= 15 is 0 Å². The molecular formula is C18H22N4O3. The topological polar surface area (TPSA) is 86.9 Å². The highest BCUT2D eigenvalue weighted by Crippen LogP contribution is 2.46. The number of hydrogen-bond acceptors (Lipinski definition) is 3. The maximum Gasteiger partial charge on any atom is 0.407 e. The number of hydrogen-bond donors (Lipinski definition) is 2. The maximum absolute atomic E-state index is 12.8. The Morgan fingerprint density at radius 1 is 1.28 bits per heavy atom. The first-order valence-corrected chi connectivity index (χ1v) is 8.59. The molecule has 1 aliphatic carbocycles. The molecule has 2 bridgehead atoms. The Morgan fingerprint density at radius 3 is 2.68 bits per heavy atom. The van der Waals surface area contributed by atoms with Crippen molar-refractivity contribution in [2.75, 3.05) is 13.1 Å². The van der Waals surface area contributed by atoms with Crippen LogP contribution >= 0.6 is 0 Å². The second-order valence-electron chi connectivity index (χ2n) is 7.66. The fourth-order valence-corrected chi connectivity index (χ4v) is 4.33. The number of rotatable bonds is 3. The average molecular weight is 342 g/mol. The predicted molar refractivity (Wildman–Crippen MR) is 91.0 cm³/mol. The van der Waals surface area contributed by atoms with Gasteiger partial charge in [0.2, 0.25) is 5.91 Å². The number of imidazole rings is 1. The molecule has 0 aromatic carbocycles. The standard InChI is InChI=1S/C18H22N4O3/c1-18(2,16-19-8-13-5-3-4-6-22(13)16)20-15(23)14-11-7-12(14)10-21(9-11)17(24)25/h3-6,8,11-12,14H,7,9-10H2,1-2H3,(H,20,23)(H,24,25)/t11-,12+,14?. The number of pyridine rings is 1. The smallest absolute Gasteiger partial charge is 0.407 e. The molecule has 2 amide bonds. The van der Waals surface area contributed by atoms with Crippen molar-refractivity contribution < 1.29 is 14.7 Å². The Balaban J connectivity index is 1.50. The largest absolute Gasteiger partial charge is 0.465 e. The molecule has 1 saturated heterocycles. The summed E-state index contributed by atoms with van der Waals surface area (Å²) in [6, 6.07) is 5.87. The van der Waals surface area contributed by atoms with Crippen LogP contribution in [0, 0.1) is 17.8 Å². The highest BCUT2D eigenvalue weighted by atomic mass is 16.4. The van der Waals surface area contributed by atoms with E-state index in [0.717, 1.165) is 17.8 Å². The van der Waals surface area contributed by atoms with Crippen LogP contribution in [-0.4, -0.2) is 44.5 Å². The third-order valence-electron chi connectivity index (χ3n) is 5.54. The fraction of sp³-hybridized carbons (Fsp3) is 0.500. The van der Waals surface area contributed by atoms with Gasteiger partial charge in [0, 0.05) is 25.2 Å². The minimum atomic E-state index is -0.891. The van der Waals surface area contributed by atoms with E-state index in [1.807, 2.05) is 42.6 Å². The van der Waals surface area contributed by atoms with E-state index in [0.29, 0.717) is 13.1 Å². The lowest BCUT2D eigenvalue weighted by Crippen LogP contribution is -2.62. The number of likely N-dealkylation sites (tertiary alicyclic amines) is 1. The minimum absolute atomic E-state index is 0.00368. The zero-order chi connectivity index (χ0) is 17.8. The van der Waals surface area contributed by atoms with Gasteiger partial charge in [-0.15, -0.1) is 0 Å². The van der Waals surface area contributed by atoms with Gasteiger partial charge in [-0.1, -0.05) is 6.07 Å². The van der Waals surface area contributed by atoms with E-state index in [2.05, 4.69) is 10.3 Å². The summed E-state index contributed by atoms with van der Waals surface area (Å²) in [6.45, 7) is 4.81. The predicted octanol–water partition coefficient (Wildman–Crippen LogP) is 1.93. The summed E-state index contributed by atoms with van der Waals surface area (Å²) >= 11 is 0. The molecule has 2 aromatic rings. The zero-order valence-electron chi connectivity index (χ0n) is 14.3. The van der Waals surface area contributed by atoms with Crippen LogP contribution in [0.15, 0.2) is 30.6 Å². The van der Waals surface area contributed by atoms with E-state index in [1.165, 1.54) is 4.90 Å². The van der Waals surface area contributed by atoms with Crippen molar-refractivity contribution >= 4 is 17.5 Å². The number of aromatic nitrogens is 2. The van der Waals surface area contributed by atoms with Crippen molar-refractivity contribution in [3.8, 4) is 0 Å². The lowest BCUT2D eigenvalue weighted by atomic mass is 9.61. The van der Waals surface area contributed by atoms with Crippen molar-refractivity contribution in [3.63, 3.8) is 0 Å². The molecular weight excluding hydrogens is 320 g/mol. The van der Waals surface area contributed by atoms with Gasteiger partial charge in [-0.2, -0.15) is 0 Å². The molecule has 2 N–H and O–H groups in total. The van der Waals surface area contributed by atoms with E-state index in [-0.39, 0.29) is 23.7 Å². The third-order valence-corrected chi connectivity index (χ3v) is 5.54. The van der Waals surface area contributed by atoms with Gasteiger partial charge in [0.15, 0.2) is 0 Å². The normalized spacial score (nSPS) is 25.5. The zero-order valence-corrected chi connectivity index (χ0v) is 14.3. The monoisotopic (exact) mass is 342 g/mol. The molecule has 7 heteroatoms. The van der Waals surface area contributed by atoms with Crippen molar-refractivity contribution in [1.29, 1.82) is 0 Å². The van der Waals surface area contributed by atoms with Crippen LogP contribution < -0.4 is 5.32 Å². The van der Waals surface area contributed by atoms with Crippen molar-refractivity contribution in [2.24, 2.45) is 17.8 Å². The number of piperidine rings is 2.